The predicted octanol–water partition coefficient (Wildman–Crippen LogP) is 2.86. The lowest BCUT2D eigenvalue weighted by Crippen LogP contribution is -2.51. The van der Waals surface area contributed by atoms with Crippen molar-refractivity contribution in [3.8, 4) is 11.3 Å². The van der Waals surface area contributed by atoms with E-state index in [0.717, 1.165) is 5.56 Å². The van der Waals surface area contributed by atoms with Crippen molar-refractivity contribution in [3.63, 3.8) is 0 Å². The lowest BCUT2D eigenvalue weighted by Gasteiger charge is -2.38. The van der Waals surface area contributed by atoms with Gasteiger partial charge in [0, 0.05) is 50.0 Å². The summed E-state index contributed by atoms with van der Waals surface area (Å²) in [6.07, 6.45) is 2.98. The molecule has 0 bridgehead atoms. The number of likely N-dealkylation sites (tertiary alicyclic amines) is 1. The third-order valence-electron chi connectivity index (χ3n) is 7.35. The third kappa shape index (κ3) is 6.54. The number of aromatic amines is 1. The molecule has 0 unspecified atom stereocenters. The van der Waals surface area contributed by atoms with Gasteiger partial charge in [-0.05, 0) is 49.6 Å². The smallest absolute Gasteiger partial charge is 0.323 e. The van der Waals surface area contributed by atoms with E-state index in [-0.39, 0.29) is 18.2 Å². The Kier molecular flexibility index (Phi) is 8.71. The van der Waals surface area contributed by atoms with Gasteiger partial charge in [0.1, 0.15) is 5.82 Å². The number of fused-ring (bicyclic) bond motifs is 1. The number of nitrogens with one attached hydrogen (secondary N) is 4. The van der Waals surface area contributed by atoms with Crippen molar-refractivity contribution in [3.05, 3.63) is 65.9 Å². The van der Waals surface area contributed by atoms with Crippen LogP contribution >= 0.6 is 0 Å². The van der Waals surface area contributed by atoms with Crippen LogP contribution in [0.25, 0.3) is 22.3 Å². The van der Waals surface area contributed by atoms with E-state index < -0.39 is 17.4 Å². The van der Waals surface area contributed by atoms with E-state index in [1.807, 2.05) is 25.1 Å². The predicted molar refractivity (Wildman–Crippen MR) is 157 cm³/mol. The van der Waals surface area contributed by atoms with Crippen LogP contribution in [0, 0.1) is 12.7 Å². The van der Waals surface area contributed by atoms with Crippen molar-refractivity contribution in [2.45, 2.75) is 31.7 Å². The van der Waals surface area contributed by atoms with Gasteiger partial charge in [-0.25, -0.2) is 19.2 Å². The molecule has 1 aliphatic rings. The van der Waals surface area contributed by atoms with Gasteiger partial charge in [0.15, 0.2) is 11.5 Å². The van der Waals surface area contributed by atoms with Gasteiger partial charge in [-0.3, -0.25) is 9.89 Å². The van der Waals surface area contributed by atoms with Gasteiger partial charge in [0.2, 0.25) is 5.91 Å². The zero-order valence-electron chi connectivity index (χ0n) is 23.3. The Morgan fingerprint density at radius 3 is 2.69 bits per heavy atom. The van der Waals surface area contributed by atoms with Crippen molar-refractivity contribution in [1.82, 2.24) is 30.4 Å². The van der Waals surface area contributed by atoms with Crippen molar-refractivity contribution in [2.24, 2.45) is 5.73 Å². The van der Waals surface area contributed by atoms with E-state index in [4.69, 9.17) is 10.8 Å². The first kappa shape index (κ1) is 29.0. The number of carbonyl (C=O) groups is 2. The Hall–Kier alpha value is -4.46. The van der Waals surface area contributed by atoms with Crippen LogP contribution < -0.4 is 21.7 Å². The fraction of sp³-hybridized carbons (Fsp3) is 0.345. The highest BCUT2D eigenvalue weighted by atomic mass is 19.1. The second-order valence-electron chi connectivity index (χ2n) is 10.4. The molecule has 2 aromatic carbocycles. The topological polar surface area (TPSA) is 174 Å². The molecular weight excluding hydrogens is 541 g/mol. The number of piperidine rings is 1. The molecule has 0 saturated carbocycles. The van der Waals surface area contributed by atoms with E-state index in [1.54, 1.807) is 23.2 Å². The molecule has 220 valence electrons. The van der Waals surface area contributed by atoms with Crippen LogP contribution in [0.3, 0.4) is 0 Å². The molecule has 0 atom stereocenters. The van der Waals surface area contributed by atoms with Crippen LogP contribution in [0.4, 0.5) is 20.6 Å². The summed E-state index contributed by atoms with van der Waals surface area (Å²) in [7, 11) is 0. The van der Waals surface area contributed by atoms with E-state index >= 15 is 0 Å². The first-order valence-electron chi connectivity index (χ1n) is 13.8. The van der Waals surface area contributed by atoms with Crippen molar-refractivity contribution in [2.75, 3.05) is 43.4 Å². The van der Waals surface area contributed by atoms with Crippen LogP contribution in [0.2, 0.25) is 0 Å². The van der Waals surface area contributed by atoms with Gasteiger partial charge in [-0.1, -0.05) is 18.2 Å². The molecule has 4 aromatic rings. The van der Waals surface area contributed by atoms with Gasteiger partial charge < -0.3 is 31.7 Å². The first-order valence-corrected chi connectivity index (χ1v) is 13.8. The number of hydrogen-bond acceptors (Lipinski definition) is 8. The zero-order chi connectivity index (χ0) is 29.7. The largest absolute Gasteiger partial charge is 0.395 e. The maximum absolute atomic E-state index is 15.0. The van der Waals surface area contributed by atoms with Crippen LogP contribution in [-0.4, -0.2) is 74.9 Å². The molecule has 2 aromatic heterocycles. The molecular formula is C29H34FN9O3. The minimum atomic E-state index is -0.808. The molecule has 0 aliphatic carbocycles. The normalized spacial score (nSPS) is 14.6. The summed E-state index contributed by atoms with van der Waals surface area (Å²) in [5.41, 5.74) is 8.96. The molecule has 12 nitrogen and oxygen atoms in total. The summed E-state index contributed by atoms with van der Waals surface area (Å²) in [6.45, 7) is 3.90. The second kappa shape index (κ2) is 12.6. The molecule has 1 aliphatic heterocycles. The van der Waals surface area contributed by atoms with Crippen LogP contribution in [0.1, 0.15) is 30.7 Å². The summed E-state index contributed by atoms with van der Waals surface area (Å²) >= 11 is 0. The third-order valence-corrected chi connectivity index (χ3v) is 7.35. The number of aliphatic hydroxyl groups excluding tert-OH is 1. The van der Waals surface area contributed by atoms with Gasteiger partial charge in [0.05, 0.1) is 28.9 Å². The number of carbonyl (C=O) groups excluding carboxylic acids is 2. The molecule has 1 saturated heterocycles. The van der Waals surface area contributed by atoms with Crippen LogP contribution in [0.5, 0.6) is 0 Å². The van der Waals surface area contributed by atoms with Gasteiger partial charge in [0.25, 0.3) is 0 Å². The monoisotopic (exact) mass is 575 g/mol. The number of aryl methyl sites for hydroxylation is 1. The number of anilines is 2. The number of rotatable bonds is 9. The van der Waals surface area contributed by atoms with Gasteiger partial charge in [-0.15, -0.1) is 0 Å². The van der Waals surface area contributed by atoms with E-state index in [2.05, 4.69) is 36.1 Å². The summed E-state index contributed by atoms with van der Waals surface area (Å²) in [6, 6.07) is 11.2. The van der Waals surface area contributed by atoms with Crippen molar-refractivity contribution < 1.29 is 19.1 Å². The Bertz CT molecular complexity index is 1580. The number of benzene rings is 2. The molecule has 0 spiro atoms. The average Bonchev–Trinajstić information content (AvgIpc) is 3.40. The van der Waals surface area contributed by atoms with E-state index in [0.29, 0.717) is 79.2 Å². The van der Waals surface area contributed by atoms with Crippen LogP contribution in [0.15, 0.2) is 48.7 Å². The van der Waals surface area contributed by atoms with Gasteiger partial charge in [-0.2, -0.15) is 5.10 Å². The number of amides is 3. The Morgan fingerprint density at radius 2 is 1.95 bits per heavy atom. The fourth-order valence-corrected chi connectivity index (χ4v) is 4.98. The van der Waals surface area contributed by atoms with Gasteiger partial charge >= 0.3 is 6.03 Å². The maximum Gasteiger partial charge on any atom is 0.323 e. The number of nitrogens with zero attached hydrogens (tertiary/aromatic N) is 4. The molecule has 42 heavy (non-hydrogen) atoms. The standard InChI is InChI=1S/C29H34FN9O3/c1-18-3-2-4-20(15-18)34-28(42)35-23-6-5-19(16-22(23)30)25-21-17-33-27(36-26(21)38-37-25)29(31)8-12-39(13-9-29)24(41)7-10-32-11-14-40/h2-6,15-17,32,40H,7-14,31H2,1H3,(H2,34,35,42)(H,33,36,37,38). The second-order valence-corrected chi connectivity index (χ2v) is 10.4. The summed E-state index contributed by atoms with van der Waals surface area (Å²) < 4.78 is 15.0. The molecule has 3 heterocycles. The average molecular weight is 576 g/mol. The van der Waals surface area contributed by atoms with Crippen molar-refractivity contribution >= 4 is 34.3 Å². The summed E-state index contributed by atoms with van der Waals surface area (Å²) in [5.74, 6) is -0.134. The fourth-order valence-electron chi connectivity index (χ4n) is 4.98. The minimum absolute atomic E-state index is 0.0302. The van der Waals surface area contributed by atoms with Crippen molar-refractivity contribution in [1.29, 1.82) is 0 Å². The number of nitrogens with two attached hydrogens (primary N) is 1. The number of hydrogen-bond donors (Lipinski definition) is 6. The molecule has 7 N–H and O–H groups in total. The number of aliphatic hydroxyl groups is 1. The molecule has 0 radical (unpaired) electrons. The van der Waals surface area contributed by atoms with E-state index in [9.17, 15) is 14.0 Å². The number of halogens is 1. The minimum Gasteiger partial charge on any atom is -0.395 e. The maximum atomic E-state index is 15.0. The highest BCUT2D eigenvalue weighted by Gasteiger charge is 2.36. The highest BCUT2D eigenvalue weighted by Crippen LogP contribution is 2.32. The van der Waals surface area contributed by atoms with E-state index in [1.165, 1.54) is 12.1 Å². The number of urea groups is 1. The summed E-state index contributed by atoms with van der Waals surface area (Å²) in [4.78, 5) is 35.8. The SMILES string of the molecule is Cc1cccc(NC(=O)Nc2ccc(-c3[nH]nc4nc(C5(N)CCN(C(=O)CCNCCO)CC5)ncc34)cc2F)c1. The molecule has 1 fully saturated rings. The lowest BCUT2D eigenvalue weighted by atomic mass is 9.87. The van der Waals surface area contributed by atoms with Crippen LogP contribution in [-0.2, 0) is 10.3 Å². The lowest BCUT2D eigenvalue weighted by molar-refractivity contribution is -0.132. The Balaban J connectivity index is 1.24. The number of aromatic nitrogens is 4. The number of H-pyrrole nitrogens is 1. The summed E-state index contributed by atoms with van der Waals surface area (Å²) in [5, 5.41) is 24.9. The Labute approximate surface area is 241 Å². The highest BCUT2D eigenvalue weighted by molar-refractivity contribution is 6.00. The zero-order valence-corrected chi connectivity index (χ0v) is 23.3. The Morgan fingerprint density at radius 1 is 1.14 bits per heavy atom. The molecule has 3 amide bonds. The quantitative estimate of drug-likeness (QED) is 0.165. The first-order chi connectivity index (χ1) is 20.3. The molecule has 13 heteroatoms. The molecule has 5 rings (SSSR count).